The third kappa shape index (κ3) is 4.70. The Morgan fingerprint density at radius 1 is 0.938 bits per heavy atom. The normalized spacial score (nSPS) is 11.8. The molecule has 32 heavy (non-hydrogen) atoms. The average molecular weight is 460 g/mol. The van der Waals surface area contributed by atoms with Gasteiger partial charge in [0.1, 0.15) is 24.3 Å². The first-order valence-electron chi connectivity index (χ1n) is 9.09. The van der Waals surface area contributed by atoms with Gasteiger partial charge < -0.3 is 5.32 Å². The van der Waals surface area contributed by atoms with Gasteiger partial charge in [-0.15, -0.1) is 0 Å². The van der Waals surface area contributed by atoms with Gasteiger partial charge >= 0.3 is 6.18 Å². The molecule has 164 valence electrons. The summed E-state index contributed by atoms with van der Waals surface area (Å²) in [4.78, 5) is 11.4. The Morgan fingerprint density at radius 3 is 2.34 bits per heavy atom. The molecule has 0 saturated heterocycles. The molecule has 0 aliphatic heterocycles. The molecule has 0 radical (unpaired) electrons. The first-order valence-corrected chi connectivity index (χ1v) is 10.6. The molecule has 0 amide bonds. The van der Waals surface area contributed by atoms with Crippen LogP contribution in [0.4, 0.5) is 30.4 Å². The van der Waals surface area contributed by atoms with Gasteiger partial charge in [-0.05, 0) is 36.4 Å². The third-order valence-electron chi connectivity index (χ3n) is 4.31. The van der Waals surface area contributed by atoms with Crippen molar-refractivity contribution in [2.45, 2.75) is 11.1 Å². The minimum absolute atomic E-state index is 0.106. The van der Waals surface area contributed by atoms with Crippen LogP contribution in [0.25, 0.3) is 5.82 Å². The number of nitrogens with one attached hydrogen (secondary N) is 2. The Balaban J connectivity index is 1.51. The van der Waals surface area contributed by atoms with Crippen LogP contribution in [-0.2, 0) is 16.2 Å². The second kappa shape index (κ2) is 8.30. The van der Waals surface area contributed by atoms with E-state index in [2.05, 4.69) is 25.0 Å². The van der Waals surface area contributed by atoms with Gasteiger partial charge in [-0.1, -0.05) is 12.1 Å². The van der Waals surface area contributed by atoms with Crippen LogP contribution in [0.1, 0.15) is 5.56 Å². The predicted molar refractivity (Wildman–Crippen MR) is 111 cm³/mol. The second-order valence-electron chi connectivity index (χ2n) is 6.53. The topological polar surface area (TPSA) is 102 Å². The van der Waals surface area contributed by atoms with E-state index in [1.54, 1.807) is 41.5 Å². The van der Waals surface area contributed by atoms with Crippen LogP contribution >= 0.6 is 0 Å². The quantitative estimate of drug-likeness (QED) is 0.447. The highest BCUT2D eigenvalue weighted by Crippen LogP contribution is 2.34. The van der Waals surface area contributed by atoms with Gasteiger partial charge in [0.2, 0.25) is 0 Å². The van der Waals surface area contributed by atoms with Gasteiger partial charge in [0.25, 0.3) is 10.0 Å². The molecule has 8 nitrogen and oxygen atoms in total. The number of aromatic nitrogens is 4. The van der Waals surface area contributed by atoms with Crippen LogP contribution in [0.15, 0.2) is 84.5 Å². The first kappa shape index (κ1) is 21.3. The zero-order valence-corrected chi connectivity index (χ0v) is 17.0. The van der Waals surface area contributed by atoms with E-state index in [1.807, 2.05) is 0 Å². The zero-order valence-electron chi connectivity index (χ0n) is 16.2. The van der Waals surface area contributed by atoms with Gasteiger partial charge in [-0.25, -0.2) is 23.4 Å². The number of alkyl halides is 3. The molecule has 4 aromatic rings. The molecule has 0 unspecified atom stereocenters. The molecule has 0 bridgehead atoms. The lowest BCUT2D eigenvalue weighted by Crippen LogP contribution is -2.18. The van der Waals surface area contributed by atoms with Gasteiger partial charge in [-0.3, -0.25) is 9.29 Å². The summed E-state index contributed by atoms with van der Waals surface area (Å²) in [6, 6.07) is 11.7. The van der Waals surface area contributed by atoms with E-state index < -0.39 is 26.7 Å². The maximum absolute atomic E-state index is 13.2. The Bertz CT molecular complexity index is 1320. The van der Waals surface area contributed by atoms with E-state index in [4.69, 9.17) is 0 Å². The summed E-state index contributed by atoms with van der Waals surface area (Å²) in [5.41, 5.74) is -0.545. The summed E-state index contributed by atoms with van der Waals surface area (Å²) in [6.45, 7) is 0. The zero-order chi connectivity index (χ0) is 22.8. The van der Waals surface area contributed by atoms with Crippen molar-refractivity contribution in [1.82, 2.24) is 19.5 Å². The number of nitrogens with zero attached hydrogens (tertiary/aromatic N) is 4. The van der Waals surface area contributed by atoms with Crippen molar-refractivity contribution >= 4 is 27.2 Å². The Kier molecular flexibility index (Phi) is 5.53. The van der Waals surface area contributed by atoms with Gasteiger partial charge in [0.05, 0.1) is 10.5 Å². The minimum Gasteiger partial charge on any atom is -0.340 e. The summed E-state index contributed by atoms with van der Waals surface area (Å²) in [7, 11) is -4.45. The highest BCUT2D eigenvalue weighted by Gasteiger charge is 2.36. The monoisotopic (exact) mass is 460 g/mol. The van der Waals surface area contributed by atoms with Crippen molar-refractivity contribution < 1.29 is 21.6 Å². The number of sulfonamides is 1. The van der Waals surface area contributed by atoms with Crippen LogP contribution in [0.2, 0.25) is 0 Å². The Hall–Kier alpha value is -3.93. The maximum Gasteiger partial charge on any atom is 0.417 e. The fourth-order valence-electron chi connectivity index (χ4n) is 2.87. The summed E-state index contributed by atoms with van der Waals surface area (Å²) in [5.74, 6) is 1.07. The molecule has 0 atom stereocenters. The highest BCUT2D eigenvalue weighted by molar-refractivity contribution is 7.92. The predicted octanol–water partition coefficient (Wildman–Crippen LogP) is 4.23. The summed E-state index contributed by atoms with van der Waals surface area (Å²) < 4.78 is 68.5. The van der Waals surface area contributed by atoms with Crippen LogP contribution < -0.4 is 10.0 Å². The van der Waals surface area contributed by atoms with Crippen molar-refractivity contribution in [2.24, 2.45) is 0 Å². The average Bonchev–Trinajstić information content (AvgIpc) is 3.30. The molecule has 0 spiro atoms. The van der Waals surface area contributed by atoms with Crippen molar-refractivity contribution in [3.63, 3.8) is 0 Å². The maximum atomic E-state index is 13.2. The first-order chi connectivity index (χ1) is 15.2. The van der Waals surface area contributed by atoms with Crippen LogP contribution in [-0.4, -0.2) is 27.9 Å². The number of imidazole rings is 1. The van der Waals surface area contributed by atoms with Crippen LogP contribution in [0.5, 0.6) is 0 Å². The molecule has 0 saturated carbocycles. The van der Waals surface area contributed by atoms with Crippen molar-refractivity contribution in [2.75, 3.05) is 10.0 Å². The number of hydrogen-bond donors (Lipinski definition) is 2. The number of halogens is 3. The number of anilines is 3. The SMILES string of the molecule is O=S(=O)(Nc1ccc(Nc2cc(-n3ccnc3)ncn2)cc1)c1ccccc1C(F)(F)F. The Morgan fingerprint density at radius 2 is 1.66 bits per heavy atom. The van der Waals surface area contributed by atoms with E-state index in [9.17, 15) is 21.6 Å². The van der Waals surface area contributed by atoms with E-state index in [1.165, 1.54) is 24.5 Å². The number of rotatable bonds is 6. The smallest absolute Gasteiger partial charge is 0.340 e. The number of benzene rings is 2. The molecular weight excluding hydrogens is 445 g/mol. The van der Waals surface area contributed by atoms with Crippen molar-refractivity contribution in [3.8, 4) is 5.82 Å². The lowest BCUT2D eigenvalue weighted by molar-refractivity contribution is -0.139. The molecule has 4 rings (SSSR count). The van der Waals surface area contributed by atoms with Crippen LogP contribution in [0, 0.1) is 0 Å². The standard InChI is InChI=1S/C20H15F3N6O2S/c21-20(22,23)16-3-1-2-4-17(16)32(30,31)28-15-7-5-14(6-8-15)27-18-11-19(26-12-25-18)29-10-9-24-13-29/h1-13,28H,(H,25,26,27). The number of hydrogen-bond acceptors (Lipinski definition) is 6. The summed E-state index contributed by atoms with van der Waals surface area (Å²) in [5, 5.41) is 3.05. The molecule has 2 aromatic heterocycles. The lowest BCUT2D eigenvalue weighted by Gasteiger charge is -2.14. The van der Waals surface area contributed by atoms with E-state index >= 15 is 0 Å². The molecule has 12 heteroatoms. The van der Waals surface area contributed by atoms with Crippen molar-refractivity contribution in [1.29, 1.82) is 0 Å². The van der Waals surface area contributed by atoms with E-state index in [-0.39, 0.29) is 5.69 Å². The molecule has 0 fully saturated rings. The summed E-state index contributed by atoms with van der Waals surface area (Å²) in [6.07, 6.45) is 1.50. The summed E-state index contributed by atoms with van der Waals surface area (Å²) >= 11 is 0. The van der Waals surface area contributed by atoms with Gasteiger partial charge in [-0.2, -0.15) is 13.2 Å². The fraction of sp³-hybridized carbons (Fsp3) is 0.0500. The Labute approximate surface area is 180 Å². The van der Waals surface area contributed by atoms with Crippen molar-refractivity contribution in [3.05, 3.63) is 85.2 Å². The largest absolute Gasteiger partial charge is 0.417 e. The molecule has 0 aliphatic carbocycles. The minimum atomic E-state index is -4.80. The third-order valence-corrected chi connectivity index (χ3v) is 5.75. The molecule has 2 aromatic carbocycles. The highest BCUT2D eigenvalue weighted by atomic mass is 32.2. The van der Waals surface area contributed by atoms with E-state index in [0.29, 0.717) is 17.3 Å². The van der Waals surface area contributed by atoms with Gasteiger partial charge in [0.15, 0.2) is 0 Å². The van der Waals surface area contributed by atoms with Crippen LogP contribution in [0.3, 0.4) is 0 Å². The van der Waals surface area contributed by atoms with E-state index in [0.717, 1.165) is 18.2 Å². The molecule has 2 heterocycles. The molecule has 2 N–H and O–H groups in total. The molecular formula is C20H15F3N6O2S. The molecule has 0 aliphatic rings. The lowest BCUT2D eigenvalue weighted by atomic mass is 10.2. The second-order valence-corrected chi connectivity index (χ2v) is 8.18. The fourth-order valence-corrected chi connectivity index (χ4v) is 4.15. The van der Waals surface area contributed by atoms with Gasteiger partial charge in [0, 0.05) is 29.8 Å².